The quantitative estimate of drug-likeness (QED) is 0.853. The number of aliphatic hydroxyl groups is 1. The van der Waals surface area contributed by atoms with E-state index >= 15 is 0 Å². The Labute approximate surface area is 129 Å². The summed E-state index contributed by atoms with van der Waals surface area (Å²) in [6.45, 7) is 4.90. The van der Waals surface area contributed by atoms with E-state index in [2.05, 4.69) is 43.9 Å². The van der Waals surface area contributed by atoms with Gasteiger partial charge in [-0.15, -0.1) is 0 Å². The van der Waals surface area contributed by atoms with E-state index in [1.54, 1.807) is 6.20 Å². The van der Waals surface area contributed by atoms with Crippen LogP contribution in [0.2, 0.25) is 0 Å². The molecular weight excluding hydrogens is 372 g/mol. The highest BCUT2D eigenvalue weighted by molar-refractivity contribution is 9.10. The molecule has 0 fully saturated rings. The molecule has 0 aliphatic carbocycles. The molecule has 0 aliphatic rings. The van der Waals surface area contributed by atoms with Gasteiger partial charge in [0.25, 0.3) is 0 Å². The Kier molecular flexibility index (Phi) is 4.81. The summed E-state index contributed by atoms with van der Waals surface area (Å²) >= 11 is 6.93. The van der Waals surface area contributed by atoms with Crippen molar-refractivity contribution >= 4 is 31.9 Å². The summed E-state index contributed by atoms with van der Waals surface area (Å²) in [5, 5.41) is 14.9. The van der Waals surface area contributed by atoms with Crippen molar-refractivity contribution in [3.05, 3.63) is 50.2 Å². The Bertz CT molecular complexity index is 561. The topological polar surface area (TPSA) is 38.0 Å². The smallest absolute Gasteiger partial charge is 0.122 e. The number of aliphatic hydroxyl groups excluding tert-OH is 1. The molecule has 1 heterocycles. The summed E-state index contributed by atoms with van der Waals surface area (Å²) in [4.78, 5) is 0. The minimum absolute atomic E-state index is 0.681. The van der Waals surface area contributed by atoms with E-state index in [-0.39, 0.29) is 0 Å². The summed E-state index contributed by atoms with van der Waals surface area (Å²) in [5.41, 5.74) is 2.78. The third-order valence-electron chi connectivity index (χ3n) is 2.91. The molecule has 1 N–H and O–H groups in total. The van der Waals surface area contributed by atoms with Crippen LogP contribution >= 0.6 is 31.9 Å². The minimum Gasteiger partial charge on any atom is -0.382 e. The molecular formula is C14H16Br2N2O. The van der Waals surface area contributed by atoms with E-state index in [9.17, 15) is 5.11 Å². The van der Waals surface area contributed by atoms with Crippen molar-refractivity contribution in [1.82, 2.24) is 9.78 Å². The highest BCUT2D eigenvalue weighted by atomic mass is 79.9. The fraction of sp³-hybridized carbons (Fsp3) is 0.357. The van der Waals surface area contributed by atoms with Gasteiger partial charge in [-0.1, -0.05) is 28.9 Å². The molecule has 102 valence electrons. The highest BCUT2D eigenvalue weighted by Gasteiger charge is 2.19. The van der Waals surface area contributed by atoms with Gasteiger partial charge in [0, 0.05) is 11.0 Å². The van der Waals surface area contributed by atoms with Crippen molar-refractivity contribution in [2.75, 3.05) is 0 Å². The summed E-state index contributed by atoms with van der Waals surface area (Å²) in [5.74, 6) is 0. The fourth-order valence-corrected chi connectivity index (χ4v) is 3.25. The average molecular weight is 388 g/mol. The maximum absolute atomic E-state index is 10.6. The van der Waals surface area contributed by atoms with Gasteiger partial charge >= 0.3 is 0 Å². The van der Waals surface area contributed by atoms with E-state index in [1.807, 2.05) is 29.8 Å². The van der Waals surface area contributed by atoms with Gasteiger partial charge in [-0.25, -0.2) is 0 Å². The second-order valence-electron chi connectivity index (χ2n) is 4.57. The van der Waals surface area contributed by atoms with Gasteiger partial charge in [0.15, 0.2) is 0 Å². The van der Waals surface area contributed by atoms with Crippen molar-refractivity contribution < 1.29 is 5.11 Å². The molecule has 2 aromatic rings. The predicted molar refractivity (Wildman–Crippen MR) is 83.2 cm³/mol. The van der Waals surface area contributed by atoms with Gasteiger partial charge < -0.3 is 5.11 Å². The lowest BCUT2D eigenvalue weighted by molar-refractivity contribution is 0.206. The zero-order valence-electron chi connectivity index (χ0n) is 10.9. The monoisotopic (exact) mass is 386 g/mol. The Balaban J connectivity index is 2.43. The number of benzene rings is 1. The molecule has 0 aliphatic heterocycles. The Morgan fingerprint density at radius 3 is 2.68 bits per heavy atom. The zero-order valence-corrected chi connectivity index (χ0v) is 14.1. The van der Waals surface area contributed by atoms with Gasteiger partial charge in [0.05, 0.1) is 16.4 Å². The van der Waals surface area contributed by atoms with E-state index < -0.39 is 6.10 Å². The summed E-state index contributed by atoms with van der Waals surface area (Å²) in [7, 11) is 0. The van der Waals surface area contributed by atoms with Crippen LogP contribution in [-0.4, -0.2) is 14.9 Å². The lowest BCUT2D eigenvalue weighted by Gasteiger charge is -2.15. The lowest BCUT2D eigenvalue weighted by atomic mass is 10.0. The summed E-state index contributed by atoms with van der Waals surface area (Å²) in [6.07, 6.45) is 2.03. The van der Waals surface area contributed by atoms with Crippen LogP contribution in [0, 0.1) is 6.92 Å². The number of rotatable bonds is 4. The minimum atomic E-state index is -0.681. The van der Waals surface area contributed by atoms with Gasteiger partial charge in [-0.2, -0.15) is 5.10 Å². The molecule has 1 unspecified atom stereocenters. The first-order valence-corrected chi connectivity index (χ1v) is 7.78. The molecule has 1 atom stereocenters. The molecule has 1 aromatic heterocycles. The van der Waals surface area contributed by atoms with Crippen LogP contribution in [0.4, 0.5) is 0 Å². The number of nitrogens with zero attached hydrogens (tertiary/aromatic N) is 2. The lowest BCUT2D eigenvalue weighted by Crippen LogP contribution is -2.11. The third kappa shape index (κ3) is 3.27. The normalized spacial score (nSPS) is 12.7. The van der Waals surface area contributed by atoms with Crippen LogP contribution < -0.4 is 0 Å². The number of halogens is 2. The van der Waals surface area contributed by atoms with Crippen molar-refractivity contribution in [3.8, 4) is 0 Å². The number of aryl methyl sites for hydroxylation is 2. The second kappa shape index (κ2) is 6.20. The van der Waals surface area contributed by atoms with Gasteiger partial charge in [0.1, 0.15) is 6.10 Å². The molecule has 5 heteroatoms. The average Bonchev–Trinajstić information content (AvgIpc) is 2.69. The van der Waals surface area contributed by atoms with E-state index in [0.29, 0.717) is 0 Å². The van der Waals surface area contributed by atoms with Crippen LogP contribution in [0.25, 0.3) is 0 Å². The maximum atomic E-state index is 10.6. The molecule has 2 rings (SSSR count). The van der Waals surface area contributed by atoms with Crippen LogP contribution in [0.5, 0.6) is 0 Å². The predicted octanol–water partition coefficient (Wildman–Crippen LogP) is 4.21. The molecule has 0 spiro atoms. The number of aromatic nitrogens is 2. The molecule has 0 radical (unpaired) electrons. The molecule has 19 heavy (non-hydrogen) atoms. The van der Waals surface area contributed by atoms with E-state index in [0.717, 1.165) is 38.7 Å². The third-order valence-corrected chi connectivity index (χ3v) is 3.98. The SMILES string of the molecule is CCCn1ncc(Br)c1C(O)c1cc(C)cc(Br)c1. The Morgan fingerprint density at radius 2 is 2.05 bits per heavy atom. The first kappa shape index (κ1) is 14.8. The molecule has 3 nitrogen and oxygen atoms in total. The Hall–Kier alpha value is -0.650. The van der Waals surface area contributed by atoms with Crippen molar-refractivity contribution in [3.63, 3.8) is 0 Å². The molecule has 0 bridgehead atoms. The number of hydrogen-bond donors (Lipinski definition) is 1. The first-order chi connectivity index (χ1) is 9.02. The molecule has 1 aromatic carbocycles. The van der Waals surface area contributed by atoms with E-state index in [4.69, 9.17) is 0 Å². The second-order valence-corrected chi connectivity index (χ2v) is 6.34. The van der Waals surface area contributed by atoms with Gasteiger partial charge in [-0.3, -0.25) is 4.68 Å². The number of hydrogen-bond acceptors (Lipinski definition) is 2. The van der Waals surface area contributed by atoms with Gasteiger partial charge in [-0.05, 0) is 52.5 Å². The van der Waals surface area contributed by atoms with E-state index in [1.165, 1.54) is 0 Å². The standard InChI is InChI=1S/C14H16Br2N2O/c1-3-4-18-13(12(16)8-17-18)14(19)10-5-9(2)6-11(15)7-10/h5-8,14,19H,3-4H2,1-2H3. The van der Waals surface area contributed by atoms with Crippen molar-refractivity contribution in [1.29, 1.82) is 0 Å². The summed E-state index contributed by atoms with van der Waals surface area (Å²) < 4.78 is 3.66. The Morgan fingerprint density at radius 1 is 1.32 bits per heavy atom. The fourth-order valence-electron chi connectivity index (χ4n) is 2.11. The first-order valence-electron chi connectivity index (χ1n) is 6.19. The van der Waals surface area contributed by atoms with Crippen LogP contribution in [-0.2, 0) is 6.54 Å². The largest absolute Gasteiger partial charge is 0.382 e. The van der Waals surface area contributed by atoms with Crippen LogP contribution in [0.15, 0.2) is 33.3 Å². The van der Waals surface area contributed by atoms with Crippen LogP contribution in [0.3, 0.4) is 0 Å². The zero-order chi connectivity index (χ0) is 14.0. The van der Waals surface area contributed by atoms with Crippen molar-refractivity contribution in [2.45, 2.75) is 32.9 Å². The summed E-state index contributed by atoms with van der Waals surface area (Å²) in [6, 6.07) is 5.95. The maximum Gasteiger partial charge on any atom is 0.122 e. The van der Waals surface area contributed by atoms with Crippen molar-refractivity contribution in [2.24, 2.45) is 0 Å². The van der Waals surface area contributed by atoms with Gasteiger partial charge in [0.2, 0.25) is 0 Å². The van der Waals surface area contributed by atoms with Crippen LogP contribution in [0.1, 0.15) is 36.3 Å². The highest BCUT2D eigenvalue weighted by Crippen LogP contribution is 2.30. The molecule has 0 saturated carbocycles. The molecule has 0 saturated heterocycles. The molecule has 0 amide bonds.